The van der Waals surface area contributed by atoms with Crippen LogP contribution in [0.15, 0.2) is 0 Å². The SMILES string of the molecule is CCCOCCOC(=O)C(C)(N)C1CC1. The minimum atomic E-state index is -0.801. The number of nitrogens with two attached hydrogens (primary N) is 1. The van der Waals surface area contributed by atoms with Crippen molar-refractivity contribution in [2.75, 3.05) is 19.8 Å². The molecule has 0 saturated heterocycles. The minimum absolute atomic E-state index is 0.301. The van der Waals surface area contributed by atoms with E-state index in [1.54, 1.807) is 6.92 Å². The lowest BCUT2D eigenvalue weighted by Crippen LogP contribution is -2.48. The lowest BCUT2D eigenvalue weighted by atomic mass is 9.98. The maximum atomic E-state index is 11.6. The molecule has 15 heavy (non-hydrogen) atoms. The summed E-state index contributed by atoms with van der Waals surface area (Å²) in [5.41, 5.74) is 5.09. The van der Waals surface area contributed by atoms with Crippen LogP contribution in [0.2, 0.25) is 0 Å². The van der Waals surface area contributed by atoms with Gasteiger partial charge >= 0.3 is 5.97 Å². The Balaban J connectivity index is 2.12. The second kappa shape index (κ2) is 5.47. The van der Waals surface area contributed by atoms with E-state index in [4.69, 9.17) is 15.2 Å². The summed E-state index contributed by atoms with van der Waals surface area (Å²) < 4.78 is 10.3. The predicted molar refractivity (Wildman–Crippen MR) is 57.4 cm³/mol. The number of rotatable bonds is 7. The molecule has 0 amide bonds. The molecule has 1 atom stereocenters. The number of hydrogen-bond donors (Lipinski definition) is 1. The third-order valence-corrected chi connectivity index (χ3v) is 2.67. The van der Waals surface area contributed by atoms with Gasteiger partial charge in [0.25, 0.3) is 0 Å². The van der Waals surface area contributed by atoms with Crippen LogP contribution in [0.5, 0.6) is 0 Å². The van der Waals surface area contributed by atoms with Gasteiger partial charge in [-0.3, -0.25) is 4.79 Å². The third kappa shape index (κ3) is 3.80. The number of hydrogen-bond acceptors (Lipinski definition) is 4. The van der Waals surface area contributed by atoms with Gasteiger partial charge in [0.05, 0.1) is 6.61 Å². The van der Waals surface area contributed by atoms with Crippen molar-refractivity contribution in [2.45, 2.75) is 38.6 Å². The van der Waals surface area contributed by atoms with Crippen molar-refractivity contribution in [3.05, 3.63) is 0 Å². The molecule has 0 bridgehead atoms. The van der Waals surface area contributed by atoms with Crippen LogP contribution >= 0.6 is 0 Å². The quantitative estimate of drug-likeness (QED) is 0.510. The van der Waals surface area contributed by atoms with Crippen LogP contribution in [0.1, 0.15) is 33.1 Å². The lowest BCUT2D eigenvalue weighted by molar-refractivity contribution is -0.151. The summed E-state index contributed by atoms with van der Waals surface area (Å²) in [6, 6.07) is 0. The topological polar surface area (TPSA) is 61.5 Å². The second-order valence-electron chi connectivity index (χ2n) is 4.31. The smallest absolute Gasteiger partial charge is 0.326 e. The number of carbonyl (C=O) groups excluding carboxylic acids is 1. The van der Waals surface area contributed by atoms with E-state index in [2.05, 4.69) is 0 Å². The van der Waals surface area contributed by atoms with Gasteiger partial charge in [-0.1, -0.05) is 6.92 Å². The third-order valence-electron chi connectivity index (χ3n) is 2.67. The Morgan fingerprint density at radius 3 is 2.60 bits per heavy atom. The number of carbonyl (C=O) groups is 1. The van der Waals surface area contributed by atoms with Gasteiger partial charge in [-0.15, -0.1) is 0 Å². The fraction of sp³-hybridized carbons (Fsp3) is 0.909. The van der Waals surface area contributed by atoms with E-state index < -0.39 is 5.54 Å². The predicted octanol–water partition coefficient (Wildman–Crippen LogP) is 1.08. The standard InChI is InChI=1S/C11H21NO3/c1-3-6-14-7-8-15-10(13)11(2,12)9-4-5-9/h9H,3-8,12H2,1-2H3. The van der Waals surface area contributed by atoms with Gasteiger partial charge in [-0.05, 0) is 32.1 Å². The van der Waals surface area contributed by atoms with E-state index in [0.29, 0.717) is 25.7 Å². The molecule has 0 aromatic heterocycles. The van der Waals surface area contributed by atoms with E-state index in [1.165, 1.54) is 0 Å². The molecule has 1 aliphatic rings. The summed E-state index contributed by atoms with van der Waals surface area (Å²) in [6.45, 7) is 5.26. The molecule has 0 radical (unpaired) electrons. The Kier molecular flexibility index (Phi) is 4.54. The van der Waals surface area contributed by atoms with Gasteiger partial charge in [-0.2, -0.15) is 0 Å². The molecular formula is C11H21NO3. The van der Waals surface area contributed by atoms with Crippen LogP contribution < -0.4 is 5.73 Å². The number of ether oxygens (including phenoxy) is 2. The molecule has 1 fully saturated rings. The van der Waals surface area contributed by atoms with Gasteiger partial charge in [0, 0.05) is 6.61 Å². The first-order chi connectivity index (χ1) is 7.09. The van der Waals surface area contributed by atoms with Crippen molar-refractivity contribution in [3.8, 4) is 0 Å². The first kappa shape index (κ1) is 12.5. The summed E-state index contributed by atoms with van der Waals surface area (Å²) in [4.78, 5) is 11.6. The fourth-order valence-electron chi connectivity index (χ4n) is 1.44. The molecule has 88 valence electrons. The first-order valence-electron chi connectivity index (χ1n) is 5.63. The van der Waals surface area contributed by atoms with Gasteiger partial charge in [0.15, 0.2) is 0 Å². The molecule has 0 heterocycles. The Morgan fingerprint density at radius 2 is 2.07 bits per heavy atom. The van der Waals surface area contributed by atoms with Crippen LogP contribution in [0.25, 0.3) is 0 Å². The zero-order chi connectivity index (χ0) is 11.3. The van der Waals surface area contributed by atoms with Crippen molar-refractivity contribution < 1.29 is 14.3 Å². The highest BCUT2D eigenvalue weighted by atomic mass is 16.6. The molecular weight excluding hydrogens is 194 g/mol. The molecule has 0 aromatic rings. The molecule has 4 heteroatoms. The lowest BCUT2D eigenvalue weighted by Gasteiger charge is -2.21. The van der Waals surface area contributed by atoms with Crippen LogP contribution in [-0.2, 0) is 14.3 Å². The molecule has 0 aromatic carbocycles. The van der Waals surface area contributed by atoms with Crippen LogP contribution in [0.4, 0.5) is 0 Å². The van der Waals surface area contributed by atoms with E-state index in [-0.39, 0.29) is 5.97 Å². The summed E-state index contributed by atoms with van der Waals surface area (Å²) in [6.07, 6.45) is 3.05. The highest BCUT2D eigenvalue weighted by Crippen LogP contribution is 2.38. The van der Waals surface area contributed by atoms with Crippen molar-refractivity contribution in [1.29, 1.82) is 0 Å². The average molecular weight is 215 g/mol. The maximum Gasteiger partial charge on any atom is 0.326 e. The Bertz CT molecular complexity index is 212. The number of esters is 1. The van der Waals surface area contributed by atoms with E-state index in [9.17, 15) is 4.79 Å². The van der Waals surface area contributed by atoms with Crippen molar-refractivity contribution in [1.82, 2.24) is 0 Å². The zero-order valence-corrected chi connectivity index (χ0v) is 9.62. The molecule has 1 rings (SSSR count). The van der Waals surface area contributed by atoms with E-state index in [0.717, 1.165) is 19.3 Å². The largest absolute Gasteiger partial charge is 0.462 e. The molecule has 1 unspecified atom stereocenters. The van der Waals surface area contributed by atoms with Crippen LogP contribution in [-0.4, -0.2) is 31.3 Å². The summed E-state index contributed by atoms with van der Waals surface area (Å²) >= 11 is 0. The maximum absolute atomic E-state index is 11.6. The summed E-state index contributed by atoms with van der Waals surface area (Å²) in [7, 11) is 0. The van der Waals surface area contributed by atoms with Gasteiger partial charge in [0.1, 0.15) is 12.1 Å². The van der Waals surface area contributed by atoms with Crippen molar-refractivity contribution in [2.24, 2.45) is 11.7 Å². The molecule has 1 aliphatic carbocycles. The zero-order valence-electron chi connectivity index (χ0n) is 9.62. The summed E-state index contributed by atoms with van der Waals surface area (Å²) in [5, 5.41) is 0. The Hall–Kier alpha value is -0.610. The minimum Gasteiger partial charge on any atom is -0.462 e. The molecule has 0 aliphatic heterocycles. The monoisotopic (exact) mass is 215 g/mol. The van der Waals surface area contributed by atoms with E-state index in [1.807, 2.05) is 6.92 Å². The molecule has 4 nitrogen and oxygen atoms in total. The van der Waals surface area contributed by atoms with Gasteiger partial charge in [-0.25, -0.2) is 0 Å². The van der Waals surface area contributed by atoms with Gasteiger partial charge < -0.3 is 15.2 Å². The average Bonchev–Trinajstić information content (AvgIpc) is 3.00. The summed E-state index contributed by atoms with van der Waals surface area (Å²) in [5.74, 6) is 0.00617. The fourth-order valence-corrected chi connectivity index (χ4v) is 1.44. The van der Waals surface area contributed by atoms with Gasteiger partial charge in [0.2, 0.25) is 0 Å². The van der Waals surface area contributed by atoms with Crippen molar-refractivity contribution >= 4 is 5.97 Å². The normalized spacial score (nSPS) is 19.7. The van der Waals surface area contributed by atoms with E-state index >= 15 is 0 Å². The molecule has 2 N–H and O–H groups in total. The highest BCUT2D eigenvalue weighted by molar-refractivity contribution is 5.80. The highest BCUT2D eigenvalue weighted by Gasteiger charge is 2.45. The second-order valence-corrected chi connectivity index (χ2v) is 4.31. The van der Waals surface area contributed by atoms with Crippen LogP contribution in [0, 0.1) is 5.92 Å². The molecule has 0 spiro atoms. The van der Waals surface area contributed by atoms with Crippen LogP contribution in [0.3, 0.4) is 0 Å². The Labute approximate surface area is 91.1 Å². The Morgan fingerprint density at radius 1 is 1.40 bits per heavy atom. The first-order valence-corrected chi connectivity index (χ1v) is 5.63. The molecule has 1 saturated carbocycles. The van der Waals surface area contributed by atoms with Crippen molar-refractivity contribution in [3.63, 3.8) is 0 Å².